The number of rotatable bonds is 12. The number of alkyl halides is 1. The van der Waals surface area contributed by atoms with Crippen molar-refractivity contribution in [1.29, 1.82) is 0 Å². The lowest BCUT2D eigenvalue weighted by Crippen LogP contribution is -2.44. The van der Waals surface area contributed by atoms with Gasteiger partial charge in [0.1, 0.15) is 36.9 Å². The molecule has 0 spiro atoms. The van der Waals surface area contributed by atoms with Gasteiger partial charge in [-0.1, -0.05) is 38.1 Å². The third-order valence-corrected chi connectivity index (χ3v) is 6.40. The van der Waals surface area contributed by atoms with Crippen molar-refractivity contribution >= 4 is 11.6 Å². The fourth-order valence-electron chi connectivity index (χ4n) is 3.88. The van der Waals surface area contributed by atoms with Gasteiger partial charge in [-0.25, -0.2) is 0 Å². The number of β-amino-alcohol motifs (C(OH)–C–C–N with tert-alkyl or cyclic N) is 1. The maximum Gasteiger partial charge on any atom is 0.122 e. The maximum atomic E-state index is 10.4. The minimum atomic E-state index is -0.741. The number of nitrogens with zero attached hydrogens (tertiary/aromatic N) is 2. The average molecular weight is 506 g/mol. The molecule has 1 aliphatic heterocycles. The molecular weight excluding hydrogens is 470 g/mol. The predicted octanol–water partition coefficient (Wildman–Crippen LogP) is 2.54. The lowest BCUT2D eigenvalue weighted by molar-refractivity contribution is 0.0416. The molecule has 192 valence electrons. The number of ether oxygens (including phenoxy) is 2. The summed E-state index contributed by atoms with van der Waals surface area (Å²) in [7, 11) is 1.82. The molecule has 0 radical (unpaired) electrons. The van der Waals surface area contributed by atoms with Crippen LogP contribution in [0.25, 0.3) is 0 Å². The number of aliphatic hydroxyl groups is 3. The summed E-state index contributed by atoms with van der Waals surface area (Å²) in [6.45, 7) is 6.76. The zero-order chi connectivity index (χ0) is 25.6. The Morgan fingerprint density at radius 2 is 1.66 bits per heavy atom. The van der Waals surface area contributed by atoms with Gasteiger partial charge in [-0.3, -0.25) is 10.0 Å². The first-order chi connectivity index (χ1) is 16.6. The van der Waals surface area contributed by atoms with Crippen molar-refractivity contribution in [3.63, 3.8) is 0 Å². The van der Waals surface area contributed by atoms with E-state index in [1.54, 1.807) is 16.2 Å². The lowest BCUT2D eigenvalue weighted by atomic mass is 9.77. The van der Waals surface area contributed by atoms with Crippen LogP contribution in [0.2, 0.25) is 0 Å². The van der Waals surface area contributed by atoms with E-state index in [1.807, 2.05) is 50.4 Å². The largest absolute Gasteiger partial charge is 0.491 e. The average Bonchev–Trinajstić information content (AvgIpc) is 3.20. The molecule has 2 atom stereocenters. The molecule has 3 rings (SSSR count). The van der Waals surface area contributed by atoms with Crippen molar-refractivity contribution in [2.24, 2.45) is 0 Å². The van der Waals surface area contributed by atoms with Crippen molar-refractivity contribution in [3.05, 3.63) is 71.1 Å². The summed E-state index contributed by atoms with van der Waals surface area (Å²) >= 11 is 5.64. The second kappa shape index (κ2) is 12.0. The van der Waals surface area contributed by atoms with Crippen molar-refractivity contribution in [3.8, 4) is 11.5 Å². The van der Waals surface area contributed by atoms with Crippen molar-refractivity contribution in [2.45, 2.75) is 38.4 Å². The van der Waals surface area contributed by atoms with Gasteiger partial charge in [-0.05, 0) is 41.8 Å². The first kappa shape index (κ1) is 27.1. The molecule has 0 unspecified atom stereocenters. The molecule has 1 aliphatic rings. The molecule has 9 heteroatoms. The Morgan fingerprint density at radius 3 is 2.29 bits per heavy atom. The van der Waals surface area contributed by atoms with Crippen molar-refractivity contribution in [2.75, 3.05) is 39.3 Å². The summed E-state index contributed by atoms with van der Waals surface area (Å²) in [5, 5.41) is 32.8. The monoisotopic (exact) mass is 505 g/mol. The molecule has 35 heavy (non-hydrogen) atoms. The zero-order valence-corrected chi connectivity index (χ0v) is 21.5. The second-order valence-electron chi connectivity index (χ2n) is 9.31. The highest BCUT2D eigenvalue weighted by Gasteiger charge is 2.24. The Kier molecular flexibility index (Phi) is 9.27. The van der Waals surface area contributed by atoms with Gasteiger partial charge in [0.15, 0.2) is 0 Å². The fraction of sp³-hybridized carbons (Fsp3) is 0.462. The van der Waals surface area contributed by atoms with Gasteiger partial charge in [-0.15, -0.1) is 17.1 Å². The Bertz CT molecular complexity index is 999. The van der Waals surface area contributed by atoms with Gasteiger partial charge in [0.05, 0.1) is 24.7 Å². The van der Waals surface area contributed by atoms with Crippen LogP contribution in [0, 0.1) is 6.92 Å². The third-order valence-electron chi connectivity index (χ3n) is 6.05. The summed E-state index contributed by atoms with van der Waals surface area (Å²) in [6, 6.07) is 13.9. The lowest BCUT2D eigenvalue weighted by Gasteiger charge is -2.27. The van der Waals surface area contributed by atoms with Gasteiger partial charge in [0.2, 0.25) is 0 Å². The first-order valence-electron chi connectivity index (χ1n) is 11.6. The van der Waals surface area contributed by atoms with E-state index >= 15 is 0 Å². The number of hydrogen-bond donors (Lipinski definition) is 4. The molecule has 4 N–H and O–H groups in total. The number of halogens is 1. The molecule has 0 aromatic heterocycles. The van der Waals surface area contributed by atoms with Gasteiger partial charge in [-0.2, -0.15) is 0 Å². The van der Waals surface area contributed by atoms with Crippen LogP contribution in [-0.4, -0.2) is 76.8 Å². The number of benzene rings is 2. The van der Waals surface area contributed by atoms with E-state index in [9.17, 15) is 15.3 Å². The van der Waals surface area contributed by atoms with Crippen LogP contribution in [0.15, 0.2) is 54.4 Å². The topological polar surface area (TPSA) is 97.7 Å². The molecule has 1 heterocycles. The number of aryl methyl sites for hydroxylation is 1. The van der Waals surface area contributed by atoms with Gasteiger partial charge < -0.3 is 24.8 Å². The van der Waals surface area contributed by atoms with Gasteiger partial charge >= 0.3 is 0 Å². The Labute approximate surface area is 212 Å². The highest BCUT2D eigenvalue weighted by Crippen LogP contribution is 2.34. The highest BCUT2D eigenvalue weighted by atomic mass is 35.5. The molecule has 0 aliphatic carbocycles. The summed E-state index contributed by atoms with van der Waals surface area (Å²) in [6.07, 6.45) is 0.332. The molecule has 2 aromatic rings. The molecule has 0 amide bonds. The van der Waals surface area contributed by atoms with Crippen LogP contribution in [0.4, 0.5) is 0 Å². The number of hydrogen-bond acceptors (Lipinski definition) is 8. The van der Waals surface area contributed by atoms with Gasteiger partial charge in [0, 0.05) is 18.7 Å². The SMILES string of the molecule is Cc1cc(C(C)(C)c2ccc(OC[C@H](O)CN3NN(C)C=C3CO)cc2)ccc1OC[C@@H](O)CCl. The fourth-order valence-corrected chi connectivity index (χ4v) is 3.97. The van der Waals surface area contributed by atoms with Crippen LogP contribution >= 0.6 is 11.6 Å². The van der Waals surface area contributed by atoms with Crippen LogP contribution in [0.5, 0.6) is 11.5 Å². The molecule has 2 aromatic carbocycles. The molecular formula is C26H36ClN3O5. The number of aliphatic hydroxyl groups excluding tert-OH is 3. The molecule has 0 fully saturated rings. The Balaban J connectivity index is 1.58. The van der Waals surface area contributed by atoms with E-state index in [4.69, 9.17) is 21.1 Å². The first-order valence-corrected chi connectivity index (χ1v) is 12.1. The van der Waals surface area contributed by atoms with E-state index in [2.05, 4.69) is 25.4 Å². The van der Waals surface area contributed by atoms with E-state index in [0.717, 1.165) is 22.4 Å². The van der Waals surface area contributed by atoms with Crippen LogP contribution in [-0.2, 0) is 5.41 Å². The maximum absolute atomic E-state index is 10.4. The smallest absolute Gasteiger partial charge is 0.122 e. The normalized spacial score (nSPS) is 15.7. The standard InChI is InChI=1S/C26H36ClN3O5/c1-18-11-20(7-10-25(18)35-16-22(32)12-27)26(2,3)19-5-8-24(9-6-19)34-17-23(33)14-30-21(15-31)13-29(4)28-30/h5-11,13,22-23,28,31-33H,12,14-17H2,1-4H3/t22-,23+/m0/s1. The second-order valence-corrected chi connectivity index (χ2v) is 9.62. The van der Waals surface area contributed by atoms with Crippen LogP contribution in [0.1, 0.15) is 30.5 Å². The Morgan fingerprint density at radius 1 is 1.00 bits per heavy atom. The molecule has 0 saturated carbocycles. The van der Waals surface area contributed by atoms with E-state index in [0.29, 0.717) is 11.4 Å². The van der Waals surface area contributed by atoms with Crippen molar-refractivity contribution < 1.29 is 24.8 Å². The third kappa shape index (κ3) is 7.02. The number of nitrogens with one attached hydrogen (secondary N) is 1. The molecule has 0 saturated heterocycles. The minimum absolute atomic E-state index is 0.116. The van der Waals surface area contributed by atoms with Gasteiger partial charge in [0.25, 0.3) is 0 Å². The molecule has 8 nitrogen and oxygen atoms in total. The zero-order valence-electron chi connectivity index (χ0n) is 20.7. The van der Waals surface area contributed by atoms with E-state index in [-0.39, 0.29) is 37.7 Å². The minimum Gasteiger partial charge on any atom is -0.491 e. The predicted molar refractivity (Wildman–Crippen MR) is 136 cm³/mol. The van der Waals surface area contributed by atoms with Crippen molar-refractivity contribution in [1.82, 2.24) is 15.6 Å². The molecule has 0 bridgehead atoms. The highest BCUT2D eigenvalue weighted by molar-refractivity contribution is 6.18. The number of hydrazine groups is 2. The summed E-state index contributed by atoms with van der Waals surface area (Å²) in [5.41, 5.74) is 6.70. The van der Waals surface area contributed by atoms with Crippen LogP contribution < -0.4 is 15.0 Å². The summed E-state index contributed by atoms with van der Waals surface area (Å²) < 4.78 is 11.5. The van der Waals surface area contributed by atoms with E-state index < -0.39 is 12.2 Å². The summed E-state index contributed by atoms with van der Waals surface area (Å²) in [5.74, 6) is 1.54. The van der Waals surface area contributed by atoms with E-state index in [1.165, 1.54) is 0 Å². The quantitative estimate of drug-likeness (QED) is 0.327. The Hall–Kier alpha value is -2.49. The van der Waals surface area contributed by atoms with Crippen LogP contribution in [0.3, 0.4) is 0 Å². The summed E-state index contributed by atoms with van der Waals surface area (Å²) in [4.78, 5) is 0.